The molecule has 2 rings (SSSR count). The highest BCUT2D eigenvalue weighted by Gasteiger charge is 2.21. The molecule has 1 aromatic rings. The Morgan fingerprint density at radius 3 is 2.81 bits per heavy atom. The van der Waals surface area contributed by atoms with Crippen molar-refractivity contribution >= 4 is 17.5 Å². The van der Waals surface area contributed by atoms with Crippen LogP contribution in [0.4, 0.5) is 5.69 Å². The van der Waals surface area contributed by atoms with Gasteiger partial charge in [-0.15, -0.1) is 0 Å². The summed E-state index contributed by atoms with van der Waals surface area (Å²) in [5, 5.41) is 8.97. The third kappa shape index (κ3) is 4.04. The molecule has 1 saturated heterocycles. The Kier molecular flexibility index (Phi) is 5.33. The van der Waals surface area contributed by atoms with E-state index in [2.05, 4.69) is 16.0 Å². The predicted molar refractivity (Wildman–Crippen MR) is 83.4 cm³/mol. The molecule has 3 N–H and O–H groups in total. The lowest BCUT2D eigenvalue weighted by Gasteiger charge is -2.22. The average Bonchev–Trinajstić information content (AvgIpc) is 2.50. The van der Waals surface area contributed by atoms with Gasteiger partial charge in [-0.1, -0.05) is 0 Å². The monoisotopic (exact) mass is 289 g/mol. The van der Waals surface area contributed by atoms with E-state index in [1.165, 1.54) is 0 Å². The topological polar surface area (TPSA) is 70.2 Å². The normalized spacial score (nSPS) is 18.1. The number of rotatable bonds is 4. The summed E-state index contributed by atoms with van der Waals surface area (Å²) < 4.78 is 0. The first-order chi connectivity index (χ1) is 10.1. The van der Waals surface area contributed by atoms with E-state index in [1.807, 2.05) is 13.8 Å². The molecule has 0 bridgehead atoms. The van der Waals surface area contributed by atoms with Crippen LogP contribution in [0.15, 0.2) is 18.2 Å². The number of aryl methyl sites for hydroxylation is 1. The number of anilines is 1. The Morgan fingerprint density at radius 1 is 1.38 bits per heavy atom. The number of carbonyl (C=O) groups is 2. The number of amides is 2. The third-order valence-electron chi connectivity index (χ3n) is 3.75. The molecule has 0 unspecified atom stereocenters. The lowest BCUT2D eigenvalue weighted by molar-refractivity contribution is -0.120. The van der Waals surface area contributed by atoms with E-state index in [9.17, 15) is 9.59 Å². The molecule has 0 spiro atoms. The SMILES string of the molecule is CCNC(=O)c1ccc(NC(=O)[C@H]2CCCNC2)c(C)c1. The van der Waals surface area contributed by atoms with Crippen LogP contribution < -0.4 is 16.0 Å². The van der Waals surface area contributed by atoms with Crippen molar-refractivity contribution in [2.45, 2.75) is 26.7 Å². The lowest BCUT2D eigenvalue weighted by Crippen LogP contribution is -2.37. The molecule has 1 aliphatic rings. The molecule has 114 valence electrons. The molecule has 2 amide bonds. The van der Waals surface area contributed by atoms with Crippen molar-refractivity contribution in [1.29, 1.82) is 0 Å². The Morgan fingerprint density at radius 2 is 2.19 bits per heavy atom. The van der Waals surface area contributed by atoms with Crippen molar-refractivity contribution in [3.05, 3.63) is 29.3 Å². The molecule has 0 aromatic heterocycles. The fourth-order valence-corrected chi connectivity index (χ4v) is 2.52. The number of hydrogen-bond donors (Lipinski definition) is 3. The quantitative estimate of drug-likeness (QED) is 0.790. The summed E-state index contributed by atoms with van der Waals surface area (Å²) in [6, 6.07) is 5.35. The highest BCUT2D eigenvalue weighted by molar-refractivity contribution is 5.97. The molecule has 1 heterocycles. The first-order valence-electron chi connectivity index (χ1n) is 7.52. The van der Waals surface area contributed by atoms with Crippen molar-refractivity contribution in [2.24, 2.45) is 5.92 Å². The first-order valence-corrected chi connectivity index (χ1v) is 7.52. The van der Waals surface area contributed by atoms with E-state index in [0.29, 0.717) is 12.1 Å². The Bertz CT molecular complexity index is 522. The molecule has 5 heteroatoms. The van der Waals surface area contributed by atoms with E-state index in [1.54, 1.807) is 18.2 Å². The van der Waals surface area contributed by atoms with Crippen molar-refractivity contribution in [3.8, 4) is 0 Å². The van der Waals surface area contributed by atoms with Gasteiger partial charge in [-0.3, -0.25) is 9.59 Å². The summed E-state index contributed by atoms with van der Waals surface area (Å²) in [5.41, 5.74) is 2.29. The van der Waals surface area contributed by atoms with Crippen LogP contribution in [0.1, 0.15) is 35.7 Å². The van der Waals surface area contributed by atoms with Crippen LogP contribution in [0.25, 0.3) is 0 Å². The van der Waals surface area contributed by atoms with E-state index >= 15 is 0 Å². The van der Waals surface area contributed by atoms with Crippen LogP contribution in [0.2, 0.25) is 0 Å². The maximum absolute atomic E-state index is 12.2. The minimum atomic E-state index is -0.0880. The van der Waals surface area contributed by atoms with Gasteiger partial charge in [-0.25, -0.2) is 0 Å². The molecule has 0 aliphatic carbocycles. The molecule has 5 nitrogen and oxygen atoms in total. The van der Waals surface area contributed by atoms with Crippen molar-refractivity contribution in [1.82, 2.24) is 10.6 Å². The zero-order valence-electron chi connectivity index (χ0n) is 12.7. The molecule has 0 saturated carbocycles. The van der Waals surface area contributed by atoms with Gasteiger partial charge in [0.25, 0.3) is 5.91 Å². The standard InChI is InChI=1S/C16H23N3O2/c1-3-18-15(20)12-6-7-14(11(2)9-12)19-16(21)13-5-4-8-17-10-13/h6-7,9,13,17H,3-5,8,10H2,1-2H3,(H,18,20)(H,19,21)/t13-/m0/s1. The smallest absolute Gasteiger partial charge is 0.251 e. The van der Waals surface area contributed by atoms with Crippen LogP contribution in [0, 0.1) is 12.8 Å². The fraction of sp³-hybridized carbons (Fsp3) is 0.500. The number of carbonyl (C=O) groups excluding carboxylic acids is 2. The van der Waals surface area contributed by atoms with E-state index in [-0.39, 0.29) is 17.7 Å². The summed E-state index contributed by atoms with van der Waals surface area (Å²) in [5.74, 6) is -0.00719. The second kappa shape index (κ2) is 7.22. The van der Waals surface area contributed by atoms with Crippen LogP contribution in [-0.4, -0.2) is 31.4 Å². The second-order valence-electron chi connectivity index (χ2n) is 5.42. The molecule has 0 radical (unpaired) electrons. The van der Waals surface area contributed by atoms with Gasteiger partial charge in [-0.2, -0.15) is 0 Å². The fourth-order valence-electron chi connectivity index (χ4n) is 2.52. The van der Waals surface area contributed by atoms with Gasteiger partial charge < -0.3 is 16.0 Å². The minimum Gasteiger partial charge on any atom is -0.352 e. The summed E-state index contributed by atoms with van der Waals surface area (Å²) in [6.45, 7) is 6.12. The summed E-state index contributed by atoms with van der Waals surface area (Å²) >= 11 is 0. The van der Waals surface area contributed by atoms with Gasteiger partial charge in [0.2, 0.25) is 5.91 Å². The van der Waals surface area contributed by atoms with Gasteiger partial charge in [0, 0.05) is 24.3 Å². The van der Waals surface area contributed by atoms with Crippen LogP contribution in [0.3, 0.4) is 0 Å². The Labute approximate surface area is 125 Å². The van der Waals surface area contributed by atoms with E-state index in [4.69, 9.17) is 0 Å². The number of benzene rings is 1. The lowest BCUT2D eigenvalue weighted by atomic mass is 9.98. The zero-order chi connectivity index (χ0) is 15.2. The van der Waals surface area contributed by atoms with Crippen LogP contribution >= 0.6 is 0 Å². The summed E-state index contributed by atoms with van der Waals surface area (Å²) in [6.07, 6.45) is 1.96. The molecule has 1 fully saturated rings. The Balaban J connectivity index is 2.03. The van der Waals surface area contributed by atoms with Gasteiger partial charge in [0.15, 0.2) is 0 Å². The van der Waals surface area contributed by atoms with Crippen LogP contribution in [-0.2, 0) is 4.79 Å². The van der Waals surface area contributed by atoms with Gasteiger partial charge in [0.05, 0.1) is 5.92 Å². The Hall–Kier alpha value is -1.88. The molecule has 21 heavy (non-hydrogen) atoms. The van der Waals surface area contributed by atoms with Gasteiger partial charge in [-0.05, 0) is 57.0 Å². The minimum absolute atomic E-state index is 0.0289. The van der Waals surface area contributed by atoms with E-state index < -0.39 is 0 Å². The maximum atomic E-state index is 12.2. The maximum Gasteiger partial charge on any atom is 0.251 e. The van der Waals surface area contributed by atoms with E-state index in [0.717, 1.165) is 37.2 Å². The predicted octanol–water partition coefficient (Wildman–Crippen LogP) is 1.68. The van der Waals surface area contributed by atoms with Gasteiger partial charge >= 0.3 is 0 Å². The van der Waals surface area contributed by atoms with Crippen molar-refractivity contribution in [2.75, 3.05) is 25.0 Å². The number of nitrogens with one attached hydrogen (secondary N) is 3. The molecule has 1 aromatic carbocycles. The summed E-state index contributed by atoms with van der Waals surface area (Å²) in [7, 11) is 0. The largest absolute Gasteiger partial charge is 0.352 e. The highest BCUT2D eigenvalue weighted by atomic mass is 16.2. The third-order valence-corrected chi connectivity index (χ3v) is 3.75. The molecular formula is C16H23N3O2. The van der Waals surface area contributed by atoms with Crippen molar-refractivity contribution in [3.63, 3.8) is 0 Å². The molecule has 1 atom stereocenters. The number of piperidine rings is 1. The van der Waals surface area contributed by atoms with Gasteiger partial charge in [0.1, 0.15) is 0 Å². The molecule has 1 aliphatic heterocycles. The molecular weight excluding hydrogens is 266 g/mol. The van der Waals surface area contributed by atoms with Crippen LogP contribution in [0.5, 0.6) is 0 Å². The first kappa shape index (κ1) is 15.5. The highest BCUT2D eigenvalue weighted by Crippen LogP contribution is 2.19. The van der Waals surface area contributed by atoms with Crippen molar-refractivity contribution < 1.29 is 9.59 Å². The average molecular weight is 289 g/mol. The second-order valence-corrected chi connectivity index (χ2v) is 5.42. The zero-order valence-corrected chi connectivity index (χ0v) is 12.7. The summed E-state index contributed by atoms with van der Waals surface area (Å²) in [4.78, 5) is 24.0. The number of hydrogen-bond acceptors (Lipinski definition) is 3.